The first-order valence-corrected chi connectivity index (χ1v) is 5.21. The summed E-state index contributed by atoms with van der Waals surface area (Å²) in [5, 5.41) is 9.88. The number of aryl methyl sites for hydroxylation is 1. The van der Waals surface area contributed by atoms with Gasteiger partial charge < -0.3 is 0 Å². The molecule has 0 heterocycles. The van der Waals surface area contributed by atoms with Gasteiger partial charge in [-0.15, -0.1) is 0 Å². The summed E-state index contributed by atoms with van der Waals surface area (Å²) in [7, 11) is 0. The second-order valence-electron chi connectivity index (χ2n) is 3.58. The number of hydrogen-bond donors (Lipinski definition) is 1. The van der Waals surface area contributed by atoms with Gasteiger partial charge in [0.05, 0.1) is 0 Å². The highest BCUT2D eigenvalue weighted by Gasteiger charge is 2.02. The summed E-state index contributed by atoms with van der Waals surface area (Å²) in [6.45, 7) is 1.78. The van der Waals surface area contributed by atoms with Crippen LogP contribution in [0.25, 0.3) is 0 Å². The number of nitrogens with zero attached hydrogens (tertiary/aromatic N) is 1. The van der Waals surface area contributed by atoms with Crippen molar-refractivity contribution < 1.29 is 10.0 Å². The number of carbonyl (C=O) groups is 1. The summed E-state index contributed by atoms with van der Waals surface area (Å²) in [5.74, 6) is -0.297. The highest BCUT2D eigenvalue weighted by molar-refractivity contribution is 5.71. The van der Waals surface area contributed by atoms with Crippen molar-refractivity contribution in [2.45, 2.75) is 26.2 Å². The van der Waals surface area contributed by atoms with Crippen LogP contribution in [0, 0.1) is 0 Å². The standard InChI is InChI=1S/C12H17NO2/c1-11(14)13(15)10-6-5-9-12-7-3-2-4-8-12/h2-4,7-8,15H,5-6,9-10H2,1H3. The van der Waals surface area contributed by atoms with E-state index in [-0.39, 0.29) is 5.91 Å². The van der Waals surface area contributed by atoms with Crippen molar-refractivity contribution >= 4 is 5.91 Å². The summed E-state index contributed by atoms with van der Waals surface area (Å²) in [5.41, 5.74) is 1.30. The lowest BCUT2D eigenvalue weighted by Gasteiger charge is -2.11. The molecule has 0 unspecified atom stereocenters. The highest BCUT2D eigenvalue weighted by atomic mass is 16.5. The van der Waals surface area contributed by atoms with Crippen LogP contribution in [0.3, 0.4) is 0 Å². The molecule has 0 radical (unpaired) electrons. The van der Waals surface area contributed by atoms with E-state index >= 15 is 0 Å². The first kappa shape index (κ1) is 11.7. The van der Waals surface area contributed by atoms with Crippen LogP contribution in [0.1, 0.15) is 25.3 Å². The van der Waals surface area contributed by atoms with Crippen LogP contribution < -0.4 is 0 Å². The van der Waals surface area contributed by atoms with Gasteiger partial charge in [-0.25, -0.2) is 5.06 Å². The number of benzene rings is 1. The number of rotatable bonds is 5. The molecule has 1 rings (SSSR count). The molecule has 1 amide bonds. The molecule has 0 aromatic heterocycles. The van der Waals surface area contributed by atoms with E-state index in [1.54, 1.807) is 0 Å². The number of amides is 1. The van der Waals surface area contributed by atoms with E-state index < -0.39 is 0 Å². The van der Waals surface area contributed by atoms with Gasteiger partial charge in [0.1, 0.15) is 0 Å². The van der Waals surface area contributed by atoms with Gasteiger partial charge in [-0.05, 0) is 24.8 Å². The monoisotopic (exact) mass is 207 g/mol. The average molecular weight is 207 g/mol. The quantitative estimate of drug-likeness (QED) is 0.457. The van der Waals surface area contributed by atoms with Crippen LogP contribution >= 0.6 is 0 Å². The maximum atomic E-state index is 10.7. The SMILES string of the molecule is CC(=O)N(O)CCCCc1ccccc1. The Kier molecular flexibility index (Phi) is 4.84. The van der Waals surface area contributed by atoms with Crippen LogP contribution in [-0.2, 0) is 11.2 Å². The van der Waals surface area contributed by atoms with Crippen molar-refractivity contribution in [1.29, 1.82) is 0 Å². The molecule has 3 nitrogen and oxygen atoms in total. The second-order valence-corrected chi connectivity index (χ2v) is 3.58. The largest absolute Gasteiger partial charge is 0.286 e. The van der Waals surface area contributed by atoms with Gasteiger partial charge in [0.25, 0.3) is 0 Å². The lowest BCUT2D eigenvalue weighted by atomic mass is 10.1. The van der Waals surface area contributed by atoms with Crippen molar-refractivity contribution in [3.05, 3.63) is 35.9 Å². The van der Waals surface area contributed by atoms with Crippen molar-refractivity contribution in [2.75, 3.05) is 6.54 Å². The number of carbonyl (C=O) groups excluding carboxylic acids is 1. The topological polar surface area (TPSA) is 40.5 Å². The van der Waals surface area contributed by atoms with Crippen LogP contribution in [0.4, 0.5) is 0 Å². The zero-order chi connectivity index (χ0) is 11.1. The lowest BCUT2D eigenvalue weighted by Crippen LogP contribution is -2.25. The molecular formula is C12H17NO2. The summed E-state index contributed by atoms with van der Waals surface area (Å²) in [6, 6.07) is 10.2. The predicted molar refractivity (Wildman–Crippen MR) is 58.6 cm³/mol. The van der Waals surface area contributed by atoms with E-state index in [0.717, 1.165) is 24.3 Å². The van der Waals surface area contributed by atoms with E-state index in [1.165, 1.54) is 12.5 Å². The predicted octanol–water partition coefficient (Wildman–Crippen LogP) is 2.25. The fourth-order valence-corrected chi connectivity index (χ4v) is 1.39. The molecule has 0 spiro atoms. The Bertz CT molecular complexity index is 298. The van der Waals surface area contributed by atoms with Gasteiger partial charge in [0.2, 0.25) is 5.91 Å². The molecule has 3 heteroatoms. The highest BCUT2D eigenvalue weighted by Crippen LogP contribution is 2.04. The molecule has 0 saturated heterocycles. The fourth-order valence-electron chi connectivity index (χ4n) is 1.39. The van der Waals surface area contributed by atoms with Gasteiger partial charge >= 0.3 is 0 Å². The van der Waals surface area contributed by atoms with E-state index in [1.807, 2.05) is 18.2 Å². The Balaban J connectivity index is 2.15. The third-order valence-corrected chi connectivity index (χ3v) is 2.29. The summed E-state index contributed by atoms with van der Waals surface area (Å²) >= 11 is 0. The van der Waals surface area contributed by atoms with Crippen molar-refractivity contribution in [2.24, 2.45) is 0 Å². The van der Waals surface area contributed by atoms with Crippen molar-refractivity contribution in [3.8, 4) is 0 Å². The molecule has 0 atom stereocenters. The Morgan fingerprint density at radius 3 is 2.53 bits per heavy atom. The van der Waals surface area contributed by atoms with E-state index in [2.05, 4.69) is 12.1 Å². The lowest BCUT2D eigenvalue weighted by molar-refractivity contribution is -0.162. The van der Waals surface area contributed by atoms with E-state index in [4.69, 9.17) is 5.21 Å². The Hall–Kier alpha value is -1.35. The van der Waals surface area contributed by atoms with E-state index in [9.17, 15) is 4.79 Å². The number of hydroxylamine groups is 2. The van der Waals surface area contributed by atoms with Crippen LogP contribution in [0.2, 0.25) is 0 Å². The minimum atomic E-state index is -0.297. The minimum absolute atomic E-state index is 0.297. The maximum absolute atomic E-state index is 10.7. The molecule has 0 aliphatic carbocycles. The summed E-state index contributed by atoms with van der Waals surface area (Å²) in [4.78, 5) is 10.7. The van der Waals surface area contributed by atoms with Gasteiger partial charge in [-0.1, -0.05) is 30.3 Å². The van der Waals surface area contributed by atoms with Crippen LogP contribution in [-0.4, -0.2) is 22.7 Å². The zero-order valence-corrected chi connectivity index (χ0v) is 9.02. The number of unbranched alkanes of at least 4 members (excludes halogenated alkanes) is 1. The molecule has 0 aliphatic rings. The number of hydrogen-bond acceptors (Lipinski definition) is 2. The third kappa shape index (κ3) is 4.61. The third-order valence-electron chi connectivity index (χ3n) is 2.29. The first-order chi connectivity index (χ1) is 7.20. The van der Waals surface area contributed by atoms with Gasteiger partial charge in [0.15, 0.2) is 0 Å². The molecular weight excluding hydrogens is 190 g/mol. The molecule has 0 saturated carbocycles. The Morgan fingerprint density at radius 1 is 1.27 bits per heavy atom. The second kappa shape index (κ2) is 6.19. The Labute approximate surface area is 90.3 Å². The van der Waals surface area contributed by atoms with Crippen molar-refractivity contribution in [3.63, 3.8) is 0 Å². The minimum Gasteiger partial charge on any atom is -0.286 e. The first-order valence-electron chi connectivity index (χ1n) is 5.21. The molecule has 82 valence electrons. The molecule has 1 aromatic carbocycles. The smallest absolute Gasteiger partial charge is 0.242 e. The molecule has 0 bridgehead atoms. The van der Waals surface area contributed by atoms with E-state index in [0.29, 0.717) is 6.54 Å². The van der Waals surface area contributed by atoms with Crippen LogP contribution in [0.5, 0.6) is 0 Å². The molecule has 1 N–H and O–H groups in total. The molecule has 1 aromatic rings. The zero-order valence-electron chi connectivity index (χ0n) is 9.02. The normalized spacial score (nSPS) is 10.0. The maximum Gasteiger partial charge on any atom is 0.242 e. The molecule has 0 aliphatic heterocycles. The average Bonchev–Trinajstić information content (AvgIpc) is 2.25. The molecule has 15 heavy (non-hydrogen) atoms. The van der Waals surface area contributed by atoms with Gasteiger partial charge in [-0.2, -0.15) is 0 Å². The van der Waals surface area contributed by atoms with Crippen LogP contribution in [0.15, 0.2) is 30.3 Å². The van der Waals surface area contributed by atoms with Crippen molar-refractivity contribution in [1.82, 2.24) is 5.06 Å². The molecule has 0 fully saturated rings. The van der Waals surface area contributed by atoms with Gasteiger partial charge in [0, 0.05) is 13.5 Å². The summed E-state index contributed by atoms with van der Waals surface area (Å²) < 4.78 is 0. The fraction of sp³-hybridized carbons (Fsp3) is 0.417. The Morgan fingerprint density at radius 2 is 1.93 bits per heavy atom. The summed E-state index contributed by atoms with van der Waals surface area (Å²) in [6.07, 6.45) is 2.80. The van der Waals surface area contributed by atoms with Gasteiger partial charge in [-0.3, -0.25) is 10.0 Å².